The fourth-order valence-electron chi connectivity index (χ4n) is 4.91. The highest BCUT2D eigenvalue weighted by molar-refractivity contribution is 7.92. The molecule has 18 heteroatoms. The minimum Gasteiger partial charge on any atom is -0.300 e. The van der Waals surface area contributed by atoms with Crippen molar-refractivity contribution in [2.75, 3.05) is 32.6 Å². The smallest absolute Gasteiger partial charge is 0.231 e. The maximum absolute atomic E-state index is 12.6. The molecule has 0 bridgehead atoms. The Balaban J connectivity index is 1.11. The van der Waals surface area contributed by atoms with E-state index in [1.54, 1.807) is 30.3 Å². The van der Waals surface area contributed by atoms with Gasteiger partial charge in [0.15, 0.2) is 0 Å². The van der Waals surface area contributed by atoms with E-state index in [0.717, 1.165) is 53.8 Å². The second-order valence-corrected chi connectivity index (χ2v) is 16.4. The first-order valence-electron chi connectivity index (χ1n) is 14.0. The Kier molecular flexibility index (Phi) is 10.2. The van der Waals surface area contributed by atoms with Crippen molar-refractivity contribution in [1.29, 1.82) is 0 Å². The fourth-order valence-corrected chi connectivity index (χ4v) is 7.80. The lowest BCUT2D eigenvalue weighted by atomic mass is 9.82. The third kappa shape index (κ3) is 9.91. The van der Waals surface area contributed by atoms with Crippen molar-refractivity contribution >= 4 is 76.2 Å². The molecule has 1 aliphatic carbocycles. The molecule has 242 valence electrons. The van der Waals surface area contributed by atoms with Crippen LogP contribution in [0.25, 0.3) is 0 Å². The number of nitrogens with zero attached hydrogens (tertiary/aromatic N) is 4. The molecule has 5 rings (SSSR count). The number of aromatic nitrogens is 4. The number of rotatable bonds is 12. The lowest BCUT2D eigenvalue weighted by molar-refractivity contribution is -0.116. The van der Waals surface area contributed by atoms with Gasteiger partial charge in [-0.3, -0.25) is 19.0 Å². The Bertz CT molecular complexity index is 1770. The summed E-state index contributed by atoms with van der Waals surface area (Å²) in [4.78, 5) is 25.2. The molecule has 2 atom stereocenters. The van der Waals surface area contributed by atoms with Gasteiger partial charge < -0.3 is 10.6 Å². The van der Waals surface area contributed by atoms with E-state index in [1.165, 1.54) is 28.7 Å². The van der Waals surface area contributed by atoms with E-state index in [-0.39, 0.29) is 42.2 Å². The first kappa shape index (κ1) is 33.2. The van der Waals surface area contributed by atoms with E-state index in [0.29, 0.717) is 21.5 Å². The van der Waals surface area contributed by atoms with Crippen LogP contribution >= 0.6 is 22.7 Å². The van der Waals surface area contributed by atoms with Gasteiger partial charge in [0.05, 0.1) is 31.0 Å². The molecule has 46 heavy (non-hydrogen) atoms. The average Bonchev–Trinajstić information content (AvgIpc) is 3.64. The van der Waals surface area contributed by atoms with Crippen LogP contribution in [0.5, 0.6) is 0 Å². The number of benzene rings is 1. The van der Waals surface area contributed by atoms with E-state index in [4.69, 9.17) is 0 Å². The molecule has 0 spiro atoms. The lowest BCUT2D eigenvalue weighted by Gasteiger charge is -2.25. The molecule has 2 aromatic heterocycles. The summed E-state index contributed by atoms with van der Waals surface area (Å²) in [6.45, 7) is 0. The Morgan fingerprint density at radius 1 is 0.761 bits per heavy atom. The van der Waals surface area contributed by atoms with E-state index < -0.39 is 20.0 Å². The molecule has 1 fully saturated rings. The summed E-state index contributed by atoms with van der Waals surface area (Å²) in [5, 5.41) is 25.0. The minimum atomic E-state index is -3.43. The number of amides is 2. The maximum Gasteiger partial charge on any atom is 0.231 e. The first-order chi connectivity index (χ1) is 21.8. The quantitative estimate of drug-likeness (QED) is 0.169. The predicted molar refractivity (Wildman–Crippen MR) is 176 cm³/mol. The SMILES string of the molecule is CS(=O)(=O)Nc1c#cc(CC(=O)Nc2nnc(C3CCCC(c4nnc(NC(=O)Cc5ccc(NS(C)(=O)=O)cc5)s4)C3)s2)cc1. The summed E-state index contributed by atoms with van der Waals surface area (Å²) in [7, 11) is -6.81. The van der Waals surface area contributed by atoms with E-state index in [2.05, 4.69) is 52.6 Å². The lowest BCUT2D eigenvalue weighted by Crippen LogP contribution is -2.14. The van der Waals surface area contributed by atoms with Gasteiger partial charge in [-0.1, -0.05) is 47.3 Å². The molecular formula is C28H30N8O6S4. The van der Waals surface area contributed by atoms with E-state index in [9.17, 15) is 26.4 Å². The van der Waals surface area contributed by atoms with Gasteiger partial charge in [-0.05, 0) is 55.2 Å². The number of hydrogen-bond donors (Lipinski definition) is 4. The van der Waals surface area contributed by atoms with Gasteiger partial charge in [0, 0.05) is 23.1 Å². The molecule has 0 aliphatic heterocycles. The van der Waals surface area contributed by atoms with Crippen LogP contribution in [0.4, 0.5) is 21.6 Å². The van der Waals surface area contributed by atoms with Crippen LogP contribution < -0.4 is 20.1 Å². The molecule has 14 nitrogen and oxygen atoms in total. The summed E-state index contributed by atoms with van der Waals surface area (Å²) < 4.78 is 50.1. The summed E-state index contributed by atoms with van der Waals surface area (Å²) in [6.07, 6.45) is 5.83. The van der Waals surface area contributed by atoms with Crippen molar-refractivity contribution < 1.29 is 26.4 Å². The van der Waals surface area contributed by atoms with Gasteiger partial charge in [0.2, 0.25) is 42.1 Å². The number of sulfonamides is 2. The number of nitrogens with one attached hydrogen (secondary N) is 4. The van der Waals surface area contributed by atoms with Crippen molar-refractivity contribution in [1.82, 2.24) is 20.4 Å². The van der Waals surface area contributed by atoms with Crippen LogP contribution in [0.15, 0.2) is 36.4 Å². The zero-order valence-electron chi connectivity index (χ0n) is 24.7. The summed E-state index contributed by atoms with van der Waals surface area (Å²) in [5.74, 6) is -0.275. The third-order valence-electron chi connectivity index (χ3n) is 6.82. The molecule has 2 heterocycles. The maximum atomic E-state index is 12.6. The van der Waals surface area contributed by atoms with E-state index in [1.807, 2.05) is 0 Å². The van der Waals surface area contributed by atoms with Gasteiger partial charge in [-0.2, -0.15) is 0 Å². The van der Waals surface area contributed by atoms with Crippen LogP contribution in [-0.4, -0.2) is 61.6 Å². The zero-order chi connectivity index (χ0) is 32.9. The molecule has 1 saturated carbocycles. The van der Waals surface area contributed by atoms with Gasteiger partial charge >= 0.3 is 0 Å². The summed E-state index contributed by atoms with van der Waals surface area (Å²) >= 11 is 2.67. The number of anilines is 4. The molecule has 1 aliphatic rings. The highest BCUT2D eigenvalue weighted by atomic mass is 32.2. The fraction of sp³-hybridized carbons (Fsp3) is 0.357. The summed E-state index contributed by atoms with van der Waals surface area (Å²) in [5.41, 5.74) is 1.93. The van der Waals surface area contributed by atoms with Gasteiger partial charge in [0.25, 0.3) is 0 Å². The predicted octanol–water partition coefficient (Wildman–Crippen LogP) is 3.54. The molecule has 2 unspecified atom stereocenters. The Labute approximate surface area is 274 Å². The Morgan fingerprint density at radius 2 is 1.33 bits per heavy atom. The van der Waals surface area contributed by atoms with Crippen molar-refractivity contribution in [2.24, 2.45) is 0 Å². The van der Waals surface area contributed by atoms with Gasteiger partial charge in [-0.25, -0.2) is 16.8 Å². The molecule has 0 radical (unpaired) electrons. The summed E-state index contributed by atoms with van der Waals surface area (Å²) in [6, 6.07) is 15.2. The van der Waals surface area contributed by atoms with Gasteiger partial charge in [-0.15, -0.1) is 20.4 Å². The molecule has 2 amide bonds. The Morgan fingerprint density at radius 3 is 1.85 bits per heavy atom. The third-order valence-corrected chi connectivity index (χ3v) is 10.0. The normalized spacial score (nSPS) is 16.7. The van der Waals surface area contributed by atoms with Gasteiger partial charge in [0.1, 0.15) is 10.0 Å². The average molecular weight is 703 g/mol. The van der Waals surface area contributed by atoms with Crippen molar-refractivity contribution in [3.63, 3.8) is 0 Å². The first-order valence-corrected chi connectivity index (χ1v) is 19.4. The van der Waals surface area contributed by atoms with Crippen LogP contribution in [0.3, 0.4) is 0 Å². The highest BCUT2D eigenvalue weighted by Gasteiger charge is 2.29. The molecule has 4 N–H and O–H groups in total. The number of hydrogen-bond acceptors (Lipinski definition) is 12. The molecular weight excluding hydrogens is 673 g/mol. The second-order valence-electron chi connectivity index (χ2n) is 10.9. The van der Waals surface area contributed by atoms with Crippen molar-refractivity contribution in [3.8, 4) is 0 Å². The number of carbonyl (C=O) groups is 2. The van der Waals surface area contributed by atoms with Crippen LogP contribution in [0.2, 0.25) is 0 Å². The largest absolute Gasteiger partial charge is 0.300 e. The van der Waals surface area contributed by atoms with Crippen LogP contribution in [0, 0.1) is 12.1 Å². The standard InChI is InChI=1S/C28H30N8O6S4/c1-45(39,40)35-21-10-6-17(7-11-21)14-23(37)29-27-33-31-25(43-27)19-4-3-5-20(16-19)26-32-34-28(44-26)30-24(38)15-18-8-12-22(13-9-18)36-46(2,41)42/h6-8,10-12,19-20,35-36H,3-5,14-16H2,1-2H3,(H,29,33,37)(H,30,34,38). The second kappa shape index (κ2) is 14.1. The van der Waals surface area contributed by atoms with Crippen LogP contribution in [-0.2, 0) is 42.5 Å². The van der Waals surface area contributed by atoms with Crippen molar-refractivity contribution in [2.45, 2.75) is 50.4 Å². The molecule has 2 aromatic carbocycles. The highest BCUT2D eigenvalue weighted by Crippen LogP contribution is 2.43. The van der Waals surface area contributed by atoms with Crippen molar-refractivity contribution in [3.05, 3.63) is 69.7 Å². The molecule has 4 aromatic rings. The Hall–Kier alpha value is -4.18. The van der Waals surface area contributed by atoms with E-state index >= 15 is 0 Å². The van der Waals surface area contributed by atoms with Crippen LogP contribution in [0.1, 0.15) is 58.7 Å². The number of carbonyl (C=O) groups excluding carboxylic acids is 2. The zero-order valence-corrected chi connectivity index (χ0v) is 28.0. The topological polar surface area (TPSA) is 202 Å². The molecule has 0 saturated heterocycles. The minimum absolute atomic E-state index is 0.0150. The monoisotopic (exact) mass is 702 g/mol.